The van der Waals surface area contributed by atoms with Crippen LogP contribution in [0.4, 0.5) is 0 Å². The Morgan fingerprint density at radius 1 is 1.18 bits per heavy atom. The molecule has 2 aromatic carbocycles. The Bertz CT molecular complexity index is 990. The first kappa shape index (κ1) is 20.4. The van der Waals surface area contributed by atoms with Gasteiger partial charge in [0.15, 0.2) is 16.7 Å². The highest BCUT2D eigenvalue weighted by Gasteiger charge is 2.11. The van der Waals surface area contributed by atoms with Gasteiger partial charge in [-0.3, -0.25) is 4.79 Å². The summed E-state index contributed by atoms with van der Waals surface area (Å²) in [4.78, 5) is 16.7. The molecule has 148 valence electrons. The number of carbonyl (C=O) groups excluding carboxylic acids is 1. The number of aromatic nitrogens is 2. The standard InChI is InChI=1S/C20H22ClN3O3S/c1-24-16-6-5-14(21)11-15(16)23-20(24)28-12-19(25)22-9-8-13-4-7-17(26-2)18(10-13)27-3/h4-7,10-11H,8-9,12H2,1-3H3,(H,22,25). The highest BCUT2D eigenvalue weighted by molar-refractivity contribution is 7.99. The number of aryl methyl sites for hydroxylation is 1. The predicted molar refractivity (Wildman–Crippen MR) is 113 cm³/mol. The van der Waals surface area contributed by atoms with Crippen molar-refractivity contribution in [3.8, 4) is 11.5 Å². The molecule has 0 radical (unpaired) electrons. The van der Waals surface area contributed by atoms with Gasteiger partial charge in [0.1, 0.15) is 0 Å². The summed E-state index contributed by atoms with van der Waals surface area (Å²) in [6, 6.07) is 11.3. The molecule has 0 saturated heterocycles. The fourth-order valence-electron chi connectivity index (χ4n) is 2.84. The van der Waals surface area contributed by atoms with E-state index < -0.39 is 0 Å². The quantitative estimate of drug-likeness (QED) is 0.564. The summed E-state index contributed by atoms with van der Waals surface area (Å²) in [6.07, 6.45) is 0.710. The zero-order valence-electron chi connectivity index (χ0n) is 16.0. The molecular weight excluding hydrogens is 398 g/mol. The Morgan fingerprint density at radius 3 is 2.71 bits per heavy atom. The second-order valence-corrected chi connectivity index (χ2v) is 7.54. The number of halogens is 1. The number of nitrogens with zero attached hydrogens (tertiary/aromatic N) is 2. The lowest BCUT2D eigenvalue weighted by Gasteiger charge is -2.10. The first-order chi connectivity index (χ1) is 13.5. The molecule has 8 heteroatoms. The summed E-state index contributed by atoms with van der Waals surface area (Å²) in [5.41, 5.74) is 2.88. The monoisotopic (exact) mass is 419 g/mol. The largest absolute Gasteiger partial charge is 0.493 e. The molecular formula is C20H22ClN3O3S. The molecule has 3 rings (SSSR count). The lowest BCUT2D eigenvalue weighted by molar-refractivity contribution is -0.118. The van der Waals surface area contributed by atoms with E-state index >= 15 is 0 Å². The number of rotatable bonds is 8. The van der Waals surface area contributed by atoms with Gasteiger partial charge in [-0.1, -0.05) is 29.4 Å². The van der Waals surface area contributed by atoms with Crippen molar-refractivity contribution in [3.05, 3.63) is 47.0 Å². The van der Waals surface area contributed by atoms with E-state index in [2.05, 4.69) is 10.3 Å². The van der Waals surface area contributed by atoms with Crippen molar-refractivity contribution in [3.63, 3.8) is 0 Å². The number of hydrogen-bond donors (Lipinski definition) is 1. The topological polar surface area (TPSA) is 65.4 Å². The number of ether oxygens (including phenoxy) is 2. The van der Waals surface area contributed by atoms with Crippen LogP contribution in [-0.4, -0.2) is 42.0 Å². The third-order valence-corrected chi connectivity index (χ3v) is 5.58. The van der Waals surface area contributed by atoms with Crippen LogP contribution in [0.25, 0.3) is 11.0 Å². The van der Waals surface area contributed by atoms with Gasteiger partial charge in [0.05, 0.1) is 31.0 Å². The number of imidazole rings is 1. The minimum atomic E-state index is -0.0319. The van der Waals surface area contributed by atoms with Crippen LogP contribution in [0.5, 0.6) is 11.5 Å². The maximum absolute atomic E-state index is 12.2. The number of amides is 1. The molecule has 1 N–H and O–H groups in total. The molecule has 0 bridgehead atoms. The molecule has 0 aliphatic carbocycles. The number of hydrogen-bond acceptors (Lipinski definition) is 5. The Hall–Kier alpha value is -2.38. The van der Waals surface area contributed by atoms with Crippen LogP contribution in [0, 0.1) is 0 Å². The molecule has 0 aliphatic heterocycles. The Balaban J connectivity index is 1.51. The molecule has 0 spiro atoms. The number of nitrogens with one attached hydrogen (secondary N) is 1. The molecule has 6 nitrogen and oxygen atoms in total. The minimum Gasteiger partial charge on any atom is -0.493 e. The average molecular weight is 420 g/mol. The van der Waals surface area contributed by atoms with Gasteiger partial charge >= 0.3 is 0 Å². The maximum atomic E-state index is 12.2. The normalized spacial score (nSPS) is 10.9. The molecule has 1 heterocycles. The zero-order chi connectivity index (χ0) is 20.1. The highest BCUT2D eigenvalue weighted by Crippen LogP contribution is 2.28. The van der Waals surface area contributed by atoms with Gasteiger partial charge in [-0.25, -0.2) is 4.98 Å². The minimum absolute atomic E-state index is 0.0319. The van der Waals surface area contributed by atoms with E-state index in [1.165, 1.54) is 11.8 Å². The molecule has 0 fully saturated rings. The van der Waals surface area contributed by atoms with Crippen molar-refractivity contribution in [2.45, 2.75) is 11.6 Å². The van der Waals surface area contributed by atoms with Gasteiger partial charge in [-0.15, -0.1) is 0 Å². The molecule has 0 aliphatic rings. The molecule has 1 aromatic heterocycles. The van der Waals surface area contributed by atoms with Gasteiger partial charge < -0.3 is 19.4 Å². The number of fused-ring (bicyclic) bond motifs is 1. The second kappa shape index (κ2) is 9.21. The molecule has 1 amide bonds. The van der Waals surface area contributed by atoms with Crippen molar-refractivity contribution in [1.29, 1.82) is 0 Å². The van der Waals surface area contributed by atoms with E-state index in [1.54, 1.807) is 14.2 Å². The van der Waals surface area contributed by atoms with Gasteiger partial charge in [0, 0.05) is 18.6 Å². The Labute approximate surface area is 173 Å². The molecule has 0 unspecified atom stereocenters. The van der Waals surface area contributed by atoms with Crippen molar-refractivity contribution < 1.29 is 14.3 Å². The predicted octanol–water partition coefficient (Wildman–Crippen LogP) is 3.69. The Morgan fingerprint density at radius 2 is 1.96 bits per heavy atom. The van der Waals surface area contributed by atoms with E-state index in [9.17, 15) is 4.79 Å². The SMILES string of the molecule is COc1ccc(CCNC(=O)CSc2nc3cc(Cl)ccc3n2C)cc1OC. The van der Waals surface area contributed by atoms with E-state index in [-0.39, 0.29) is 5.91 Å². The first-order valence-corrected chi connectivity index (χ1v) is 10.1. The van der Waals surface area contributed by atoms with Gasteiger partial charge in [-0.05, 0) is 42.3 Å². The number of methoxy groups -OCH3 is 2. The third kappa shape index (κ3) is 4.72. The van der Waals surface area contributed by atoms with Crippen LogP contribution in [0.3, 0.4) is 0 Å². The number of thioether (sulfide) groups is 1. The van der Waals surface area contributed by atoms with Crippen LogP contribution < -0.4 is 14.8 Å². The average Bonchev–Trinajstić information content (AvgIpc) is 3.01. The fourth-order valence-corrected chi connectivity index (χ4v) is 3.83. The third-order valence-electron chi connectivity index (χ3n) is 4.32. The summed E-state index contributed by atoms with van der Waals surface area (Å²) in [7, 11) is 5.14. The fraction of sp³-hybridized carbons (Fsp3) is 0.300. The summed E-state index contributed by atoms with van der Waals surface area (Å²) >= 11 is 7.42. The zero-order valence-corrected chi connectivity index (χ0v) is 17.6. The van der Waals surface area contributed by atoms with E-state index in [0.717, 1.165) is 21.8 Å². The highest BCUT2D eigenvalue weighted by atomic mass is 35.5. The van der Waals surface area contributed by atoms with Gasteiger partial charge in [-0.2, -0.15) is 0 Å². The molecule has 3 aromatic rings. The van der Waals surface area contributed by atoms with Crippen LogP contribution in [0.1, 0.15) is 5.56 Å². The van der Waals surface area contributed by atoms with Gasteiger partial charge in [0.2, 0.25) is 5.91 Å². The lowest BCUT2D eigenvalue weighted by atomic mass is 10.1. The van der Waals surface area contributed by atoms with E-state index in [1.807, 2.05) is 48.0 Å². The van der Waals surface area contributed by atoms with Crippen LogP contribution in [0.2, 0.25) is 5.02 Å². The lowest BCUT2D eigenvalue weighted by Crippen LogP contribution is -2.27. The molecule has 0 saturated carbocycles. The van der Waals surface area contributed by atoms with Crippen LogP contribution in [-0.2, 0) is 18.3 Å². The van der Waals surface area contributed by atoms with Crippen molar-refractivity contribution in [1.82, 2.24) is 14.9 Å². The van der Waals surface area contributed by atoms with Crippen molar-refractivity contribution in [2.24, 2.45) is 7.05 Å². The van der Waals surface area contributed by atoms with Crippen LogP contribution in [0.15, 0.2) is 41.6 Å². The second-order valence-electron chi connectivity index (χ2n) is 6.16. The van der Waals surface area contributed by atoms with Crippen molar-refractivity contribution >= 4 is 40.3 Å². The number of benzene rings is 2. The van der Waals surface area contributed by atoms with Crippen molar-refractivity contribution in [2.75, 3.05) is 26.5 Å². The van der Waals surface area contributed by atoms with Gasteiger partial charge in [0.25, 0.3) is 0 Å². The first-order valence-electron chi connectivity index (χ1n) is 8.74. The van der Waals surface area contributed by atoms with E-state index in [4.69, 9.17) is 21.1 Å². The molecule has 28 heavy (non-hydrogen) atoms. The summed E-state index contributed by atoms with van der Waals surface area (Å²) in [5, 5.41) is 4.37. The summed E-state index contributed by atoms with van der Waals surface area (Å²) in [5.74, 6) is 1.64. The smallest absolute Gasteiger partial charge is 0.230 e. The maximum Gasteiger partial charge on any atom is 0.230 e. The van der Waals surface area contributed by atoms with E-state index in [0.29, 0.717) is 35.2 Å². The summed E-state index contributed by atoms with van der Waals surface area (Å²) < 4.78 is 12.5. The summed E-state index contributed by atoms with van der Waals surface area (Å²) in [6.45, 7) is 0.549. The molecule has 0 atom stereocenters. The van der Waals surface area contributed by atoms with Crippen LogP contribution >= 0.6 is 23.4 Å². The number of carbonyl (C=O) groups is 1. The Kier molecular flexibility index (Phi) is 6.70.